The van der Waals surface area contributed by atoms with Gasteiger partial charge in [-0.05, 0) is 60.9 Å². The fraction of sp³-hybridized carbons (Fsp3) is 0.435. The minimum Gasteiger partial charge on any atom is -0.481 e. The first-order valence-corrected chi connectivity index (χ1v) is 10.4. The standard InChI is InChI=1S/C23H28ClNO3/c24-21-13-11-20(12-14-21)19-9-7-18(8-10-19)17-28-22-5-1-3-15-25(22)16-4-2-6-23(26)27/h7-14,22H,1-6,15-17H2,(H,26,27). The normalized spacial score (nSPS) is 17.5. The van der Waals surface area contributed by atoms with E-state index in [0.717, 1.165) is 54.1 Å². The first-order valence-electron chi connectivity index (χ1n) is 10.0. The molecule has 0 bridgehead atoms. The number of aliphatic carboxylic acids is 1. The van der Waals surface area contributed by atoms with Gasteiger partial charge < -0.3 is 9.84 Å². The summed E-state index contributed by atoms with van der Waals surface area (Å²) in [7, 11) is 0. The number of carbonyl (C=O) groups is 1. The van der Waals surface area contributed by atoms with Gasteiger partial charge in [0.1, 0.15) is 6.23 Å². The first kappa shape index (κ1) is 20.8. The first-order chi connectivity index (χ1) is 13.6. The predicted molar refractivity (Wildman–Crippen MR) is 112 cm³/mol. The molecular weight excluding hydrogens is 374 g/mol. The van der Waals surface area contributed by atoms with Crippen LogP contribution in [0.4, 0.5) is 0 Å². The Morgan fingerprint density at radius 1 is 1.04 bits per heavy atom. The van der Waals surface area contributed by atoms with Crippen LogP contribution >= 0.6 is 11.6 Å². The molecular formula is C23H28ClNO3. The number of rotatable bonds is 9. The van der Waals surface area contributed by atoms with E-state index in [9.17, 15) is 4.79 Å². The number of hydrogen-bond donors (Lipinski definition) is 1. The number of hydrogen-bond acceptors (Lipinski definition) is 3. The summed E-state index contributed by atoms with van der Waals surface area (Å²) in [5.41, 5.74) is 3.48. The van der Waals surface area contributed by atoms with Gasteiger partial charge in [0.25, 0.3) is 0 Å². The van der Waals surface area contributed by atoms with Crippen LogP contribution in [0, 0.1) is 0 Å². The Morgan fingerprint density at radius 3 is 2.39 bits per heavy atom. The highest BCUT2D eigenvalue weighted by Crippen LogP contribution is 2.23. The number of benzene rings is 2. The van der Waals surface area contributed by atoms with Gasteiger partial charge in [0.05, 0.1) is 6.61 Å². The van der Waals surface area contributed by atoms with Crippen molar-refractivity contribution in [2.75, 3.05) is 13.1 Å². The summed E-state index contributed by atoms with van der Waals surface area (Å²) >= 11 is 5.96. The highest BCUT2D eigenvalue weighted by Gasteiger charge is 2.22. The lowest BCUT2D eigenvalue weighted by atomic mass is 10.0. The van der Waals surface area contributed by atoms with Crippen molar-refractivity contribution in [1.82, 2.24) is 4.90 Å². The molecule has 0 aromatic heterocycles. The third-order valence-corrected chi connectivity index (χ3v) is 5.47. The fourth-order valence-corrected chi connectivity index (χ4v) is 3.75. The third kappa shape index (κ3) is 6.33. The van der Waals surface area contributed by atoms with Crippen LogP contribution in [0.25, 0.3) is 11.1 Å². The molecule has 1 fully saturated rings. The van der Waals surface area contributed by atoms with E-state index >= 15 is 0 Å². The summed E-state index contributed by atoms with van der Waals surface area (Å²) in [6, 6.07) is 16.3. The lowest BCUT2D eigenvalue weighted by Gasteiger charge is -2.35. The molecule has 0 aliphatic carbocycles. The smallest absolute Gasteiger partial charge is 0.303 e. The maximum atomic E-state index is 10.7. The van der Waals surface area contributed by atoms with Crippen LogP contribution in [-0.4, -0.2) is 35.3 Å². The largest absolute Gasteiger partial charge is 0.481 e. The Balaban J connectivity index is 1.50. The van der Waals surface area contributed by atoms with Crippen LogP contribution in [0.2, 0.25) is 5.02 Å². The zero-order valence-electron chi connectivity index (χ0n) is 16.1. The topological polar surface area (TPSA) is 49.8 Å². The molecule has 1 aliphatic heterocycles. The maximum absolute atomic E-state index is 10.7. The molecule has 4 nitrogen and oxygen atoms in total. The van der Waals surface area contributed by atoms with Crippen LogP contribution in [-0.2, 0) is 16.1 Å². The van der Waals surface area contributed by atoms with Crippen molar-refractivity contribution >= 4 is 17.6 Å². The third-order valence-electron chi connectivity index (χ3n) is 5.21. The number of likely N-dealkylation sites (tertiary alicyclic amines) is 1. The van der Waals surface area contributed by atoms with Crippen LogP contribution in [0.3, 0.4) is 0 Å². The quantitative estimate of drug-likeness (QED) is 0.556. The molecule has 1 aliphatic rings. The van der Waals surface area contributed by atoms with Crippen molar-refractivity contribution in [3.8, 4) is 11.1 Å². The Labute approximate surface area is 172 Å². The summed E-state index contributed by atoms with van der Waals surface area (Å²) in [6.07, 6.45) is 5.43. The molecule has 5 heteroatoms. The molecule has 2 aromatic carbocycles. The fourth-order valence-electron chi connectivity index (χ4n) is 3.62. The van der Waals surface area contributed by atoms with Gasteiger partial charge in [0.2, 0.25) is 0 Å². The number of nitrogens with zero attached hydrogens (tertiary/aromatic N) is 1. The van der Waals surface area contributed by atoms with Crippen molar-refractivity contribution in [2.45, 2.75) is 51.4 Å². The number of ether oxygens (including phenoxy) is 1. The van der Waals surface area contributed by atoms with E-state index in [4.69, 9.17) is 21.4 Å². The van der Waals surface area contributed by atoms with E-state index in [1.165, 1.54) is 12.8 Å². The molecule has 28 heavy (non-hydrogen) atoms. The van der Waals surface area contributed by atoms with E-state index in [1.54, 1.807) is 0 Å². The van der Waals surface area contributed by atoms with Gasteiger partial charge in [0.15, 0.2) is 0 Å². The molecule has 0 radical (unpaired) electrons. The molecule has 1 heterocycles. The average molecular weight is 402 g/mol. The van der Waals surface area contributed by atoms with E-state index in [2.05, 4.69) is 29.2 Å². The van der Waals surface area contributed by atoms with Crippen LogP contribution in [0.5, 0.6) is 0 Å². The number of piperidine rings is 1. The average Bonchev–Trinajstić information content (AvgIpc) is 2.71. The van der Waals surface area contributed by atoms with Crippen molar-refractivity contribution in [2.24, 2.45) is 0 Å². The molecule has 0 saturated carbocycles. The van der Waals surface area contributed by atoms with Crippen molar-refractivity contribution < 1.29 is 14.6 Å². The van der Waals surface area contributed by atoms with Crippen molar-refractivity contribution in [3.05, 3.63) is 59.1 Å². The highest BCUT2D eigenvalue weighted by atomic mass is 35.5. The van der Waals surface area contributed by atoms with Gasteiger partial charge in [-0.2, -0.15) is 0 Å². The van der Waals surface area contributed by atoms with Crippen molar-refractivity contribution in [1.29, 1.82) is 0 Å². The molecule has 3 rings (SSSR count). The number of carboxylic acid groups (broad SMARTS) is 1. The Morgan fingerprint density at radius 2 is 1.71 bits per heavy atom. The second-order valence-corrected chi connectivity index (χ2v) is 7.79. The van der Waals surface area contributed by atoms with Crippen LogP contribution in [0.1, 0.15) is 44.1 Å². The highest BCUT2D eigenvalue weighted by molar-refractivity contribution is 6.30. The number of halogens is 1. The summed E-state index contributed by atoms with van der Waals surface area (Å²) < 4.78 is 6.21. The van der Waals surface area contributed by atoms with E-state index in [0.29, 0.717) is 6.61 Å². The molecule has 1 unspecified atom stereocenters. The zero-order valence-corrected chi connectivity index (χ0v) is 16.9. The summed E-state index contributed by atoms with van der Waals surface area (Å²) in [5, 5.41) is 9.52. The monoisotopic (exact) mass is 401 g/mol. The molecule has 0 spiro atoms. The van der Waals surface area contributed by atoms with Gasteiger partial charge >= 0.3 is 5.97 Å². The summed E-state index contributed by atoms with van der Waals surface area (Å²) in [4.78, 5) is 13.0. The Bertz CT molecular complexity index is 745. The molecule has 2 aromatic rings. The van der Waals surface area contributed by atoms with Gasteiger partial charge in [-0.1, -0.05) is 48.0 Å². The lowest BCUT2D eigenvalue weighted by molar-refractivity contribution is -0.137. The lowest BCUT2D eigenvalue weighted by Crippen LogP contribution is -2.41. The second kappa shape index (κ2) is 10.6. The number of carboxylic acids is 1. The molecule has 150 valence electrons. The van der Waals surface area contributed by atoms with E-state index < -0.39 is 5.97 Å². The van der Waals surface area contributed by atoms with E-state index in [1.807, 2.05) is 24.3 Å². The zero-order chi connectivity index (χ0) is 19.8. The van der Waals surface area contributed by atoms with Gasteiger partial charge in [-0.15, -0.1) is 0 Å². The Kier molecular flexibility index (Phi) is 7.90. The molecule has 0 amide bonds. The van der Waals surface area contributed by atoms with Gasteiger partial charge in [-0.25, -0.2) is 0 Å². The SMILES string of the molecule is O=C(O)CCCCN1CCCCC1OCc1ccc(-c2ccc(Cl)cc2)cc1. The molecule has 1 saturated heterocycles. The second-order valence-electron chi connectivity index (χ2n) is 7.35. The molecule has 1 N–H and O–H groups in total. The number of unbranched alkanes of at least 4 members (excludes halogenated alkanes) is 1. The maximum Gasteiger partial charge on any atom is 0.303 e. The predicted octanol–water partition coefficient (Wildman–Crippen LogP) is 5.59. The minimum atomic E-state index is -0.714. The Hall–Kier alpha value is -1.88. The van der Waals surface area contributed by atoms with Crippen LogP contribution in [0.15, 0.2) is 48.5 Å². The van der Waals surface area contributed by atoms with E-state index in [-0.39, 0.29) is 12.6 Å². The summed E-state index contributed by atoms with van der Waals surface area (Å²) in [5.74, 6) is -0.714. The minimum absolute atomic E-state index is 0.134. The van der Waals surface area contributed by atoms with Gasteiger partial charge in [-0.3, -0.25) is 9.69 Å². The van der Waals surface area contributed by atoms with Gasteiger partial charge in [0, 0.05) is 24.5 Å². The van der Waals surface area contributed by atoms with Crippen molar-refractivity contribution in [3.63, 3.8) is 0 Å². The summed E-state index contributed by atoms with van der Waals surface area (Å²) in [6.45, 7) is 2.54. The molecule has 1 atom stereocenters. The van der Waals surface area contributed by atoms with Crippen LogP contribution < -0.4 is 0 Å².